The maximum Gasteiger partial charge on any atom is 0.321 e. The van der Waals surface area contributed by atoms with Crippen LogP contribution in [0.4, 0.5) is 10.5 Å². The molecule has 0 saturated heterocycles. The van der Waals surface area contributed by atoms with Gasteiger partial charge in [0.15, 0.2) is 11.5 Å². The lowest BCUT2D eigenvalue weighted by molar-refractivity contribution is 0.230. The van der Waals surface area contributed by atoms with E-state index in [1.807, 2.05) is 24.3 Å². The van der Waals surface area contributed by atoms with Gasteiger partial charge in [-0.3, -0.25) is 0 Å². The second-order valence-electron chi connectivity index (χ2n) is 4.60. The van der Waals surface area contributed by atoms with Gasteiger partial charge in [0.1, 0.15) is 5.75 Å². The molecule has 2 amide bonds. The predicted octanol–water partition coefficient (Wildman–Crippen LogP) is 3.58. The molecule has 0 heterocycles. The molecule has 5 nitrogen and oxygen atoms in total. The highest BCUT2D eigenvalue weighted by molar-refractivity contribution is 5.88. The van der Waals surface area contributed by atoms with E-state index in [1.54, 1.807) is 45.5 Å². The van der Waals surface area contributed by atoms with E-state index in [0.717, 1.165) is 0 Å². The fourth-order valence-corrected chi connectivity index (χ4v) is 1.67. The number of ether oxygens (including phenoxy) is 2. The zero-order valence-corrected chi connectivity index (χ0v) is 12.3. The van der Waals surface area contributed by atoms with Crippen LogP contribution in [0, 0.1) is 0 Å². The van der Waals surface area contributed by atoms with Crippen LogP contribution in [-0.2, 0) is 0 Å². The molecule has 21 heavy (non-hydrogen) atoms. The number of urea groups is 1. The number of benzene rings is 2. The number of nitrogens with zero attached hydrogens (tertiary/aromatic N) is 1. The van der Waals surface area contributed by atoms with Gasteiger partial charge in [-0.15, -0.1) is 0 Å². The van der Waals surface area contributed by atoms with Gasteiger partial charge in [0.25, 0.3) is 0 Å². The van der Waals surface area contributed by atoms with Crippen molar-refractivity contribution >= 4 is 11.7 Å². The monoisotopic (exact) mass is 286 g/mol. The van der Waals surface area contributed by atoms with Crippen molar-refractivity contribution in [2.75, 3.05) is 26.5 Å². The Hall–Kier alpha value is -2.69. The molecule has 2 rings (SSSR count). The Morgan fingerprint density at radius 2 is 1.62 bits per heavy atom. The maximum absolute atomic E-state index is 11.5. The molecule has 0 bridgehead atoms. The Bertz CT molecular complexity index is 609. The largest absolute Gasteiger partial charge is 0.493 e. The van der Waals surface area contributed by atoms with Gasteiger partial charge in [0, 0.05) is 19.8 Å². The van der Waals surface area contributed by atoms with Crippen molar-refractivity contribution in [3.8, 4) is 17.2 Å². The summed E-state index contributed by atoms with van der Waals surface area (Å²) in [7, 11) is 4.98. The quantitative estimate of drug-likeness (QED) is 0.934. The minimum absolute atomic E-state index is 0.173. The van der Waals surface area contributed by atoms with Crippen LogP contribution < -0.4 is 14.8 Å². The van der Waals surface area contributed by atoms with Crippen LogP contribution in [0.3, 0.4) is 0 Å². The van der Waals surface area contributed by atoms with Crippen LogP contribution in [0.1, 0.15) is 0 Å². The molecule has 110 valence electrons. The number of para-hydroxylation sites is 2. The smallest absolute Gasteiger partial charge is 0.321 e. The molecule has 0 radical (unpaired) electrons. The summed E-state index contributed by atoms with van der Waals surface area (Å²) in [6.45, 7) is 0. The van der Waals surface area contributed by atoms with Crippen molar-refractivity contribution < 1.29 is 14.3 Å². The highest BCUT2D eigenvalue weighted by Crippen LogP contribution is 2.31. The van der Waals surface area contributed by atoms with Gasteiger partial charge in [0.2, 0.25) is 0 Å². The Morgan fingerprint density at radius 3 is 2.19 bits per heavy atom. The lowest BCUT2D eigenvalue weighted by Crippen LogP contribution is -2.27. The Kier molecular flexibility index (Phi) is 4.66. The average Bonchev–Trinajstić information content (AvgIpc) is 2.49. The molecule has 0 aromatic heterocycles. The first-order valence-corrected chi connectivity index (χ1v) is 6.49. The third-order valence-corrected chi connectivity index (χ3v) is 2.81. The zero-order valence-electron chi connectivity index (χ0n) is 12.3. The van der Waals surface area contributed by atoms with Gasteiger partial charge in [-0.05, 0) is 36.4 Å². The summed E-state index contributed by atoms with van der Waals surface area (Å²) < 4.78 is 11.0. The van der Waals surface area contributed by atoms with E-state index in [2.05, 4.69) is 5.32 Å². The Labute approximate surface area is 124 Å². The molecule has 0 fully saturated rings. The van der Waals surface area contributed by atoms with E-state index >= 15 is 0 Å². The SMILES string of the molecule is COc1ccccc1Oc1ccc(NC(=O)N(C)C)cc1. The number of carbonyl (C=O) groups excluding carboxylic acids is 1. The molecule has 1 N–H and O–H groups in total. The third-order valence-electron chi connectivity index (χ3n) is 2.81. The molecule has 0 aliphatic rings. The minimum atomic E-state index is -0.173. The highest BCUT2D eigenvalue weighted by atomic mass is 16.5. The van der Waals surface area contributed by atoms with Crippen molar-refractivity contribution in [2.24, 2.45) is 0 Å². The number of nitrogens with one attached hydrogen (secondary N) is 1. The van der Waals surface area contributed by atoms with Crippen LogP contribution in [0.2, 0.25) is 0 Å². The topological polar surface area (TPSA) is 50.8 Å². The molecular formula is C16H18N2O3. The molecular weight excluding hydrogens is 268 g/mol. The van der Waals surface area contributed by atoms with Gasteiger partial charge < -0.3 is 19.7 Å². The van der Waals surface area contributed by atoms with Crippen molar-refractivity contribution in [3.63, 3.8) is 0 Å². The lowest BCUT2D eigenvalue weighted by Gasteiger charge is -2.13. The van der Waals surface area contributed by atoms with Crippen LogP contribution in [0.15, 0.2) is 48.5 Å². The summed E-state index contributed by atoms with van der Waals surface area (Å²) in [5, 5.41) is 2.76. The van der Waals surface area contributed by atoms with Crippen molar-refractivity contribution in [1.29, 1.82) is 0 Å². The van der Waals surface area contributed by atoms with Crippen LogP contribution in [-0.4, -0.2) is 32.1 Å². The van der Waals surface area contributed by atoms with E-state index in [9.17, 15) is 4.79 Å². The molecule has 0 aliphatic carbocycles. The average molecular weight is 286 g/mol. The molecule has 5 heteroatoms. The van der Waals surface area contributed by atoms with Gasteiger partial charge in [-0.2, -0.15) is 0 Å². The van der Waals surface area contributed by atoms with Gasteiger partial charge >= 0.3 is 6.03 Å². The van der Waals surface area contributed by atoms with E-state index in [1.165, 1.54) is 4.90 Å². The van der Waals surface area contributed by atoms with E-state index in [-0.39, 0.29) is 6.03 Å². The van der Waals surface area contributed by atoms with Gasteiger partial charge in [0.05, 0.1) is 7.11 Å². The third kappa shape index (κ3) is 3.89. The number of carbonyl (C=O) groups is 1. The van der Waals surface area contributed by atoms with Crippen molar-refractivity contribution in [3.05, 3.63) is 48.5 Å². The number of anilines is 1. The number of methoxy groups -OCH3 is 1. The van der Waals surface area contributed by atoms with E-state index in [4.69, 9.17) is 9.47 Å². The Morgan fingerprint density at radius 1 is 1.00 bits per heavy atom. The number of hydrogen-bond donors (Lipinski definition) is 1. The predicted molar refractivity (Wildman–Crippen MR) is 82.2 cm³/mol. The van der Waals surface area contributed by atoms with E-state index in [0.29, 0.717) is 22.9 Å². The number of hydrogen-bond acceptors (Lipinski definition) is 3. The zero-order chi connectivity index (χ0) is 15.2. The van der Waals surface area contributed by atoms with E-state index < -0.39 is 0 Å². The first-order valence-electron chi connectivity index (χ1n) is 6.49. The van der Waals surface area contributed by atoms with Gasteiger partial charge in [-0.25, -0.2) is 4.79 Å². The molecule has 0 unspecified atom stereocenters. The van der Waals surface area contributed by atoms with Crippen molar-refractivity contribution in [1.82, 2.24) is 4.90 Å². The highest BCUT2D eigenvalue weighted by Gasteiger charge is 2.06. The standard InChI is InChI=1S/C16H18N2O3/c1-18(2)16(19)17-12-8-10-13(11-9-12)21-15-7-5-4-6-14(15)20-3/h4-11H,1-3H3,(H,17,19). The second-order valence-corrected chi connectivity index (χ2v) is 4.60. The summed E-state index contributed by atoms with van der Waals surface area (Å²) in [6, 6.07) is 14.4. The number of amides is 2. The second kappa shape index (κ2) is 6.65. The normalized spacial score (nSPS) is 9.86. The van der Waals surface area contributed by atoms with Crippen LogP contribution in [0.5, 0.6) is 17.2 Å². The minimum Gasteiger partial charge on any atom is -0.493 e. The van der Waals surface area contributed by atoms with Crippen LogP contribution >= 0.6 is 0 Å². The fourth-order valence-electron chi connectivity index (χ4n) is 1.67. The lowest BCUT2D eigenvalue weighted by atomic mass is 10.3. The first-order chi connectivity index (χ1) is 10.1. The molecule has 0 atom stereocenters. The molecule has 2 aromatic rings. The molecule has 0 aliphatic heterocycles. The summed E-state index contributed by atoms with van der Waals surface area (Å²) in [5.41, 5.74) is 0.709. The molecule has 2 aromatic carbocycles. The van der Waals surface area contributed by atoms with Crippen molar-refractivity contribution in [2.45, 2.75) is 0 Å². The Balaban J connectivity index is 2.07. The summed E-state index contributed by atoms with van der Waals surface area (Å²) in [6.07, 6.45) is 0. The summed E-state index contributed by atoms with van der Waals surface area (Å²) >= 11 is 0. The molecule has 0 spiro atoms. The van der Waals surface area contributed by atoms with Crippen LogP contribution in [0.25, 0.3) is 0 Å². The number of rotatable bonds is 4. The first kappa shape index (κ1) is 14.7. The summed E-state index contributed by atoms with van der Waals surface area (Å²) in [5.74, 6) is 1.98. The summed E-state index contributed by atoms with van der Waals surface area (Å²) in [4.78, 5) is 13.0. The molecule has 0 saturated carbocycles. The fraction of sp³-hybridized carbons (Fsp3) is 0.188. The maximum atomic E-state index is 11.5. The van der Waals surface area contributed by atoms with Gasteiger partial charge in [-0.1, -0.05) is 12.1 Å².